The Morgan fingerprint density at radius 3 is 2.74 bits per heavy atom. The van der Waals surface area contributed by atoms with E-state index in [4.69, 9.17) is 14.5 Å². The minimum Gasteiger partial charge on any atom is -0.378 e. The molecular weight excluding hydrogens is 346 g/mol. The van der Waals surface area contributed by atoms with Crippen LogP contribution in [0.5, 0.6) is 0 Å². The number of ether oxygens (including phenoxy) is 2. The molecule has 1 saturated carbocycles. The predicted octanol–water partition coefficient (Wildman–Crippen LogP) is 1.12. The molecule has 0 unspecified atom stereocenters. The topological polar surface area (TPSA) is 88.6 Å². The van der Waals surface area contributed by atoms with Gasteiger partial charge in [0.15, 0.2) is 0 Å². The summed E-state index contributed by atoms with van der Waals surface area (Å²) in [5.74, 6) is 1.63. The number of rotatable bonds is 7. The van der Waals surface area contributed by atoms with Crippen molar-refractivity contribution in [1.29, 1.82) is 0 Å². The highest BCUT2D eigenvalue weighted by atomic mass is 16.5. The van der Waals surface area contributed by atoms with Gasteiger partial charge >= 0.3 is 0 Å². The minimum absolute atomic E-state index is 0.00603. The molecular formula is C19H29N5O3. The molecule has 4 rings (SSSR count). The number of aromatic nitrogens is 2. The first-order valence-corrected chi connectivity index (χ1v) is 10.1. The fraction of sp³-hybridized carbons (Fsp3) is 0.737. The van der Waals surface area contributed by atoms with Gasteiger partial charge in [-0.25, -0.2) is 4.98 Å². The molecule has 0 aromatic carbocycles. The standard InChI is InChI=1S/C19H29N5O3/c25-18(16-3-1-2-10-27-16)20-7-6-15-13-17(24-8-11-26-12-9-24)23-19(22-15)21-14-4-5-14/h13-14,16H,1-12H2,(H,20,25)(H,21,22,23)/t16-/m1/s1. The van der Waals surface area contributed by atoms with E-state index in [1.54, 1.807) is 0 Å². The number of hydrogen-bond acceptors (Lipinski definition) is 7. The molecule has 1 atom stereocenters. The lowest BCUT2D eigenvalue weighted by Crippen LogP contribution is -2.39. The third-order valence-electron chi connectivity index (χ3n) is 5.16. The van der Waals surface area contributed by atoms with Crippen LogP contribution >= 0.6 is 0 Å². The summed E-state index contributed by atoms with van der Waals surface area (Å²) >= 11 is 0. The van der Waals surface area contributed by atoms with Gasteiger partial charge in [-0.15, -0.1) is 0 Å². The number of morpholine rings is 1. The van der Waals surface area contributed by atoms with Crippen LogP contribution in [0.25, 0.3) is 0 Å². The molecule has 3 aliphatic rings. The first kappa shape index (κ1) is 18.4. The predicted molar refractivity (Wildman–Crippen MR) is 102 cm³/mol. The second-order valence-corrected chi connectivity index (χ2v) is 7.46. The minimum atomic E-state index is -0.292. The van der Waals surface area contributed by atoms with Crippen LogP contribution in [0.1, 0.15) is 37.8 Å². The van der Waals surface area contributed by atoms with E-state index in [2.05, 4.69) is 20.5 Å². The van der Waals surface area contributed by atoms with Gasteiger partial charge in [-0.1, -0.05) is 0 Å². The Hall–Kier alpha value is -1.93. The summed E-state index contributed by atoms with van der Waals surface area (Å²) < 4.78 is 11.0. The van der Waals surface area contributed by atoms with E-state index >= 15 is 0 Å². The Balaban J connectivity index is 1.37. The van der Waals surface area contributed by atoms with Crippen LogP contribution in [0.15, 0.2) is 6.07 Å². The van der Waals surface area contributed by atoms with Gasteiger partial charge < -0.3 is 25.0 Å². The smallest absolute Gasteiger partial charge is 0.249 e. The maximum atomic E-state index is 12.2. The van der Waals surface area contributed by atoms with Crippen molar-refractivity contribution in [2.75, 3.05) is 49.7 Å². The molecule has 1 aromatic rings. The van der Waals surface area contributed by atoms with Crippen LogP contribution in [-0.2, 0) is 20.7 Å². The number of hydrogen-bond donors (Lipinski definition) is 2. The van der Waals surface area contributed by atoms with Crippen LogP contribution in [0.3, 0.4) is 0 Å². The number of carbonyl (C=O) groups is 1. The van der Waals surface area contributed by atoms with Crippen molar-refractivity contribution in [3.63, 3.8) is 0 Å². The molecule has 2 N–H and O–H groups in total. The maximum absolute atomic E-state index is 12.2. The largest absolute Gasteiger partial charge is 0.378 e. The van der Waals surface area contributed by atoms with Crippen LogP contribution < -0.4 is 15.5 Å². The van der Waals surface area contributed by atoms with Crippen molar-refractivity contribution in [3.8, 4) is 0 Å². The summed E-state index contributed by atoms with van der Waals surface area (Å²) in [7, 11) is 0. The highest BCUT2D eigenvalue weighted by Crippen LogP contribution is 2.25. The maximum Gasteiger partial charge on any atom is 0.249 e. The molecule has 0 radical (unpaired) electrons. The van der Waals surface area contributed by atoms with Gasteiger partial charge in [0, 0.05) is 50.5 Å². The normalized spacial score (nSPS) is 23.1. The molecule has 2 aliphatic heterocycles. The van der Waals surface area contributed by atoms with E-state index in [1.165, 1.54) is 12.8 Å². The van der Waals surface area contributed by atoms with E-state index in [1.807, 2.05) is 6.07 Å². The summed E-state index contributed by atoms with van der Waals surface area (Å²) in [6, 6.07) is 2.54. The van der Waals surface area contributed by atoms with Gasteiger partial charge in [-0.2, -0.15) is 4.98 Å². The van der Waals surface area contributed by atoms with Crippen LogP contribution in [0.4, 0.5) is 11.8 Å². The molecule has 1 amide bonds. The van der Waals surface area contributed by atoms with Crippen LogP contribution in [-0.4, -0.2) is 67.5 Å². The van der Waals surface area contributed by atoms with E-state index in [0.717, 1.165) is 57.1 Å². The van der Waals surface area contributed by atoms with Crippen molar-refractivity contribution < 1.29 is 14.3 Å². The Morgan fingerprint density at radius 2 is 2.00 bits per heavy atom. The van der Waals surface area contributed by atoms with E-state index in [-0.39, 0.29) is 12.0 Å². The van der Waals surface area contributed by atoms with Gasteiger partial charge in [0.2, 0.25) is 11.9 Å². The lowest BCUT2D eigenvalue weighted by molar-refractivity contribution is -0.135. The summed E-state index contributed by atoms with van der Waals surface area (Å²) in [4.78, 5) is 23.8. The van der Waals surface area contributed by atoms with Crippen molar-refractivity contribution in [2.45, 2.75) is 50.7 Å². The molecule has 0 bridgehead atoms. The summed E-state index contributed by atoms with van der Waals surface area (Å²) in [5, 5.41) is 6.39. The molecule has 148 valence electrons. The average molecular weight is 375 g/mol. The fourth-order valence-corrected chi connectivity index (χ4v) is 3.42. The van der Waals surface area contributed by atoms with Crippen molar-refractivity contribution in [2.24, 2.45) is 0 Å². The lowest BCUT2D eigenvalue weighted by atomic mass is 10.1. The van der Waals surface area contributed by atoms with Crippen LogP contribution in [0, 0.1) is 0 Å². The summed E-state index contributed by atoms with van der Waals surface area (Å²) in [5.41, 5.74) is 0.944. The molecule has 0 spiro atoms. The second-order valence-electron chi connectivity index (χ2n) is 7.46. The van der Waals surface area contributed by atoms with Crippen molar-refractivity contribution in [1.82, 2.24) is 15.3 Å². The Kier molecular flexibility index (Phi) is 6.03. The average Bonchev–Trinajstić information content (AvgIpc) is 3.53. The Bertz CT molecular complexity index is 640. The summed E-state index contributed by atoms with van der Waals surface area (Å²) in [6.45, 7) is 4.37. The van der Waals surface area contributed by atoms with Gasteiger partial charge in [0.05, 0.1) is 13.2 Å². The third kappa shape index (κ3) is 5.29. The van der Waals surface area contributed by atoms with Gasteiger partial charge in [-0.3, -0.25) is 4.79 Å². The van der Waals surface area contributed by atoms with Crippen LogP contribution in [0.2, 0.25) is 0 Å². The zero-order valence-corrected chi connectivity index (χ0v) is 15.8. The van der Waals surface area contributed by atoms with E-state index in [0.29, 0.717) is 31.6 Å². The third-order valence-corrected chi connectivity index (χ3v) is 5.16. The molecule has 1 aliphatic carbocycles. The first-order valence-electron chi connectivity index (χ1n) is 10.1. The molecule has 1 aromatic heterocycles. The number of amides is 1. The monoisotopic (exact) mass is 375 g/mol. The Morgan fingerprint density at radius 1 is 1.15 bits per heavy atom. The Labute approximate surface area is 160 Å². The number of nitrogens with one attached hydrogen (secondary N) is 2. The number of carbonyl (C=O) groups excluding carboxylic acids is 1. The second kappa shape index (κ2) is 8.84. The van der Waals surface area contributed by atoms with Gasteiger partial charge in [-0.05, 0) is 32.1 Å². The van der Waals surface area contributed by atoms with E-state index < -0.39 is 0 Å². The highest BCUT2D eigenvalue weighted by Gasteiger charge is 2.24. The molecule has 27 heavy (non-hydrogen) atoms. The molecule has 3 heterocycles. The SMILES string of the molecule is O=C(NCCc1cc(N2CCOCC2)nc(NC2CC2)n1)[C@H]1CCCCO1. The molecule has 8 nitrogen and oxygen atoms in total. The first-order chi connectivity index (χ1) is 13.3. The van der Waals surface area contributed by atoms with Gasteiger partial charge in [0.1, 0.15) is 11.9 Å². The highest BCUT2D eigenvalue weighted by molar-refractivity contribution is 5.80. The lowest BCUT2D eigenvalue weighted by Gasteiger charge is -2.28. The molecule has 3 fully saturated rings. The fourth-order valence-electron chi connectivity index (χ4n) is 3.42. The van der Waals surface area contributed by atoms with Crippen molar-refractivity contribution in [3.05, 3.63) is 11.8 Å². The van der Waals surface area contributed by atoms with E-state index in [9.17, 15) is 4.79 Å². The number of anilines is 2. The molecule has 8 heteroatoms. The number of nitrogens with zero attached hydrogens (tertiary/aromatic N) is 3. The quantitative estimate of drug-likeness (QED) is 0.738. The summed E-state index contributed by atoms with van der Waals surface area (Å²) in [6.07, 6.45) is 5.67. The zero-order valence-electron chi connectivity index (χ0n) is 15.8. The molecule has 2 saturated heterocycles. The van der Waals surface area contributed by atoms with Crippen molar-refractivity contribution >= 4 is 17.7 Å². The zero-order chi connectivity index (χ0) is 18.5. The van der Waals surface area contributed by atoms with Gasteiger partial charge in [0.25, 0.3) is 0 Å².